The van der Waals surface area contributed by atoms with Crippen LogP contribution in [0.5, 0.6) is 0 Å². The van der Waals surface area contributed by atoms with Gasteiger partial charge in [-0.3, -0.25) is 9.20 Å². The van der Waals surface area contributed by atoms with Gasteiger partial charge in [0, 0.05) is 17.5 Å². The summed E-state index contributed by atoms with van der Waals surface area (Å²) in [6.07, 6.45) is 9.79. The Labute approximate surface area is 179 Å². The summed E-state index contributed by atoms with van der Waals surface area (Å²) >= 11 is 3.29. The van der Waals surface area contributed by atoms with E-state index in [4.69, 9.17) is 4.98 Å². The van der Waals surface area contributed by atoms with Gasteiger partial charge in [0.15, 0.2) is 10.8 Å². The summed E-state index contributed by atoms with van der Waals surface area (Å²) < 4.78 is 1.97. The van der Waals surface area contributed by atoms with E-state index < -0.39 is 0 Å². The van der Waals surface area contributed by atoms with Gasteiger partial charge in [-0.2, -0.15) is 0 Å². The van der Waals surface area contributed by atoms with Crippen LogP contribution in [-0.2, 0) is 17.6 Å². The summed E-state index contributed by atoms with van der Waals surface area (Å²) in [5.74, 6) is 1.37. The van der Waals surface area contributed by atoms with E-state index in [-0.39, 0.29) is 5.91 Å². The van der Waals surface area contributed by atoms with Crippen LogP contribution >= 0.6 is 23.1 Å². The molecule has 0 aromatic carbocycles. The molecular formula is C21H27N5OS2. The highest BCUT2D eigenvalue weighted by atomic mass is 32.2. The topological polar surface area (TPSA) is 63.4 Å². The number of aromatic nitrogens is 4. The number of hydrogen-bond donors (Lipinski definition) is 0. The maximum atomic E-state index is 12.8. The van der Waals surface area contributed by atoms with E-state index in [0.29, 0.717) is 11.8 Å². The van der Waals surface area contributed by atoms with Gasteiger partial charge in [0.05, 0.1) is 11.1 Å². The SMILES string of the molecule is CC[C@@H]1CCCCN1C(=O)CSc1nnc2c3c4c(sc3ncn12)C[C@@H](C)CC4. The number of amides is 1. The van der Waals surface area contributed by atoms with Gasteiger partial charge in [0.1, 0.15) is 11.2 Å². The standard InChI is InChI=1S/C21H27N5OS2/c1-3-14-6-4-5-9-25(14)17(27)11-28-21-24-23-19-18-15-8-7-13(2)10-16(15)29-20(18)22-12-26(19)21/h12-14H,3-11H2,1-2H3/t13-,14+/m0/s1. The number of rotatable bonds is 4. The quantitative estimate of drug-likeness (QED) is 0.577. The number of nitrogens with zero attached hydrogens (tertiary/aromatic N) is 5. The van der Waals surface area contributed by atoms with Crippen molar-refractivity contribution in [2.75, 3.05) is 12.3 Å². The van der Waals surface area contributed by atoms with E-state index in [1.165, 1.54) is 40.4 Å². The normalized spacial score (nSPS) is 22.3. The molecule has 5 rings (SSSR count). The predicted octanol–water partition coefficient (Wildman–Crippen LogP) is 4.35. The fourth-order valence-electron chi connectivity index (χ4n) is 4.78. The van der Waals surface area contributed by atoms with Crippen molar-refractivity contribution in [1.82, 2.24) is 24.5 Å². The van der Waals surface area contributed by atoms with Crippen molar-refractivity contribution in [1.29, 1.82) is 0 Å². The molecule has 0 spiro atoms. The maximum Gasteiger partial charge on any atom is 0.233 e. The molecule has 0 bridgehead atoms. The van der Waals surface area contributed by atoms with Crippen molar-refractivity contribution in [3.8, 4) is 0 Å². The van der Waals surface area contributed by atoms with Gasteiger partial charge in [-0.05, 0) is 56.4 Å². The molecule has 2 atom stereocenters. The lowest BCUT2D eigenvalue weighted by molar-refractivity contribution is -0.132. The van der Waals surface area contributed by atoms with Gasteiger partial charge in [0.2, 0.25) is 5.91 Å². The Bertz CT molecular complexity index is 1060. The van der Waals surface area contributed by atoms with E-state index in [9.17, 15) is 4.79 Å². The van der Waals surface area contributed by atoms with Crippen molar-refractivity contribution in [3.05, 3.63) is 16.8 Å². The molecule has 1 saturated heterocycles. The van der Waals surface area contributed by atoms with Gasteiger partial charge >= 0.3 is 0 Å². The summed E-state index contributed by atoms with van der Waals surface area (Å²) in [6, 6.07) is 0.396. The van der Waals surface area contributed by atoms with E-state index in [1.807, 2.05) is 22.1 Å². The largest absolute Gasteiger partial charge is 0.339 e. The number of thioether (sulfide) groups is 1. The van der Waals surface area contributed by atoms with Crippen LogP contribution in [0.2, 0.25) is 0 Å². The zero-order chi connectivity index (χ0) is 20.0. The summed E-state index contributed by atoms with van der Waals surface area (Å²) in [4.78, 5) is 22.1. The molecule has 4 heterocycles. The Hall–Kier alpha value is -1.67. The third-order valence-electron chi connectivity index (χ3n) is 6.42. The number of carbonyl (C=O) groups excluding carboxylic acids is 1. The van der Waals surface area contributed by atoms with Gasteiger partial charge in [0.25, 0.3) is 0 Å². The molecule has 3 aromatic heterocycles. The number of likely N-dealkylation sites (tertiary alicyclic amines) is 1. The second kappa shape index (κ2) is 7.87. The van der Waals surface area contributed by atoms with Gasteiger partial charge in [-0.25, -0.2) is 4.98 Å². The van der Waals surface area contributed by atoms with Crippen molar-refractivity contribution in [2.45, 2.75) is 70.0 Å². The average Bonchev–Trinajstić information content (AvgIpc) is 3.31. The highest BCUT2D eigenvalue weighted by Crippen LogP contribution is 2.39. The molecule has 6 nitrogen and oxygen atoms in total. The molecule has 1 fully saturated rings. The van der Waals surface area contributed by atoms with Crippen molar-refractivity contribution >= 4 is 44.9 Å². The van der Waals surface area contributed by atoms with Crippen LogP contribution in [0.4, 0.5) is 0 Å². The smallest absolute Gasteiger partial charge is 0.233 e. The molecule has 3 aromatic rings. The van der Waals surface area contributed by atoms with Crippen LogP contribution in [0, 0.1) is 5.92 Å². The van der Waals surface area contributed by atoms with Crippen LogP contribution in [-0.4, -0.2) is 48.7 Å². The van der Waals surface area contributed by atoms with Crippen LogP contribution in [0.1, 0.15) is 56.4 Å². The number of fused-ring (bicyclic) bond motifs is 5. The monoisotopic (exact) mass is 429 g/mol. The molecule has 29 heavy (non-hydrogen) atoms. The molecule has 2 aliphatic rings. The summed E-state index contributed by atoms with van der Waals surface area (Å²) in [7, 11) is 0. The van der Waals surface area contributed by atoms with Gasteiger partial charge in [-0.1, -0.05) is 25.6 Å². The Kier molecular flexibility index (Phi) is 5.24. The summed E-state index contributed by atoms with van der Waals surface area (Å²) in [6.45, 7) is 5.39. The van der Waals surface area contributed by atoms with E-state index >= 15 is 0 Å². The van der Waals surface area contributed by atoms with Gasteiger partial charge in [-0.15, -0.1) is 21.5 Å². The van der Waals surface area contributed by atoms with E-state index in [1.54, 1.807) is 0 Å². The number of hydrogen-bond acceptors (Lipinski definition) is 6. The number of aryl methyl sites for hydroxylation is 1. The lowest BCUT2D eigenvalue weighted by Crippen LogP contribution is -2.44. The molecule has 1 aliphatic heterocycles. The minimum atomic E-state index is 0.217. The first-order valence-electron chi connectivity index (χ1n) is 10.7. The zero-order valence-corrected chi connectivity index (χ0v) is 18.7. The molecule has 0 radical (unpaired) electrons. The van der Waals surface area contributed by atoms with Crippen LogP contribution in [0.25, 0.3) is 15.9 Å². The molecule has 0 N–H and O–H groups in total. The Balaban J connectivity index is 1.40. The molecule has 154 valence electrons. The third kappa shape index (κ3) is 3.44. The highest BCUT2D eigenvalue weighted by Gasteiger charge is 2.27. The molecule has 0 saturated carbocycles. The Morgan fingerprint density at radius 2 is 2.21 bits per heavy atom. The molecule has 1 aliphatic carbocycles. The van der Waals surface area contributed by atoms with Crippen LogP contribution in [0.15, 0.2) is 11.5 Å². The first kappa shape index (κ1) is 19.3. The number of piperidine rings is 1. The minimum absolute atomic E-state index is 0.217. The lowest BCUT2D eigenvalue weighted by Gasteiger charge is -2.35. The Morgan fingerprint density at radius 3 is 3.07 bits per heavy atom. The fraction of sp³-hybridized carbons (Fsp3) is 0.619. The predicted molar refractivity (Wildman–Crippen MR) is 118 cm³/mol. The number of thiophene rings is 1. The van der Waals surface area contributed by atoms with E-state index in [0.717, 1.165) is 60.2 Å². The van der Waals surface area contributed by atoms with E-state index in [2.05, 4.69) is 28.9 Å². The van der Waals surface area contributed by atoms with Crippen molar-refractivity contribution in [3.63, 3.8) is 0 Å². The van der Waals surface area contributed by atoms with Gasteiger partial charge < -0.3 is 4.90 Å². The average molecular weight is 430 g/mol. The molecule has 1 amide bonds. The first-order chi connectivity index (χ1) is 14.2. The minimum Gasteiger partial charge on any atom is -0.339 e. The zero-order valence-electron chi connectivity index (χ0n) is 17.1. The maximum absolute atomic E-state index is 12.8. The fourth-order valence-corrected chi connectivity index (χ4v) is 6.92. The second-order valence-corrected chi connectivity index (χ2v) is 10.4. The number of carbonyl (C=O) groups is 1. The van der Waals surface area contributed by atoms with Crippen molar-refractivity contribution in [2.24, 2.45) is 5.92 Å². The second-order valence-electron chi connectivity index (χ2n) is 8.39. The Morgan fingerprint density at radius 1 is 1.31 bits per heavy atom. The third-order valence-corrected chi connectivity index (χ3v) is 8.51. The van der Waals surface area contributed by atoms with Crippen LogP contribution < -0.4 is 0 Å². The first-order valence-corrected chi connectivity index (χ1v) is 12.5. The molecule has 0 unspecified atom stereocenters. The lowest BCUT2D eigenvalue weighted by atomic mass is 9.89. The van der Waals surface area contributed by atoms with Crippen LogP contribution in [0.3, 0.4) is 0 Å². The molecular weight excluding hydrogens is 402 g/mol. The summed E-state index contributed by atoms with van der Waals surface area (Å²) in [5, 5.41) is 10.9. The highest BCUT2D eigenvalue weighted by molar-refractivity contribution is 7.99. The van der Waals surface area contributed by atoms with Crippen molar-refractivity contribution < 1.29 is 4.79 Å². The summed E-state index contributed by atoms with van der Waals surface area (Å²) in [5.41, 5.74) is 2.31. The molecule has 8 heteroatoms.